The molecule has 1 amide bonds. The van der Waals surface area contributed by atoms with Crippen LogP contribution >= 0.6 is 11.6 Å². The molecule has 9 heteroatoms. The number of hydrogen-bond donors (Lipinski definition) is 1. The van der Waals surface area contributed by atoms with Gasteiger partial charge in [0.15, 0.2) is 0 Å². The smallest absolute Gasteiger partial charge is 0.410 e. The molecular weight excluding hydrogens is 420 g/mol. The van der Waals surface area contributed by atoms with E-state index in [1.54, 1.807) is 36.5 Å². The molecule has 0 bridgehead atoms. The highest BCUT2D eigenvalue weighted by Crippen LogP contribution is 2.25. The van der Waals surface area contributed by atoms with Crippen LogP contribution in [0.1, 0.15) is 13.8 Å². The van der Waals surface area contributed by atoms with Crippen LogP contribution < -0.4 is 10.1 Å². The van der Waals surface area contributed by atoms with Crippen molar-refractivity contribution < 1.29 is 14.5 Å². The van der Waals surface area contributed by atoms with Crippen LogP contribution in [0.15, 0.2) is 73.1 Å². The lowest BCUT2D eigenvalue weighted by molar-refractivity contribution is -0.384. The van der Waals surface area contributed by atoms with Crippen LogP contribution in [0.5, 0.6) is 5.75 Å². The predicted molar refractivity (Wildman–Crippen MR) is 120 cm³/mol. The fourth-order valence-electron chi connectivity index (χ4n) is 2.81. The van der Waals surface area contributed by atoms with Crippen molar-refractivity contribution in [1.82, 2.24) is 9.38 Å². The second-order valence-corrected chi connectivity index (χ2v) is 6.50. The molecule has 0 unspecified atom stereocenters. The van der Waals surface area contributed by atoms with Crippen LogP contribution in [-0.2, 0) is 0 Å². The molecule has 4 aromatic rings. The molecule has 0 atom stereocenters. The van der Waals surface area contributed by atoms with Crippen molar-refractivity contribution in [2.75, 3.05) is 5.32 Å². The monoisotopic (exact) mass is 438 g/mol. The SMILES string of the molecule is CC.O=C(Nc1cccc(-c2cnc3cc(Cl)ccn23)c1)Oc1ccc([N+](=O)[O-])cc1. The first-order valence-corrected chi connectivity index (χ1v) is 9.84. The van der Waals surface area contributed by atoms with E-state index in [0.717, 1.165) is 11.3 Å². The number of aromatic nitrogens is 2. The van der Waals surface area contributed by atoms with E-state index in [9.17, 15) is 14.9 Å². The maximum Gasteiger partial charge on any atom is 0.417 e. The van der Waals surface area contributed by atoms with Crippen molar-refractivity contribution in [2.45, 2.75) is 13.8 Å². The summed E-state index contributed by atoms with van der Waals surface area (Å²) in [5.41, 5.74) is 2.83. The Kier molecular flexibility index (Phi) is 6.84. The lowest BCUT2D eigenvalue weighted by atomic mass is 10.1. The number of carbonyl (C=O) groups is 1. The van der Waals surface area contributed by atoms with E-state index in [-0.39, 0.29) is 11.4 Å². The molecule has 0 fully saturated rings. The molecule has 4 rings (SSSR count). The number of nitrogens with one attached hydrogen (secondary N) is 1. The van der Waals surface area contributed by atoms with Gasteiger partial charge in [0.05, 0.1) is 16.8 Å². The number of amides is 1. The van der Waals surface area contributed by atoms with Gasteiger partial charge in [-0.2, -0.15) is 0 Å². The Morgan fingerprint density at radius 2 is 1.87 bits per heavy atom. The second kappa shape index (κ2) is 9.73. The zero-order chi connectivity index (χ0) is 22.4. The molecule has 2 aromatic heterocycles. The molecular formula is C22H19ClN4O4. The molecule has 0 saturated carbocycles. The summed E-state index contributed by atoms with van der Waals surface area (Å²) in [5, 5.41) is 13.9. The third kappa shape index (κ3) is 5.18. The fraction of sp³-hybridized carbons (Fsp3) is 0.0909. The van der Waals surface area contributed by atoms with Gasteiger partial charge in [0.25, 0.3) is 5.69 Å². The van der Waals surface area contributed by atoms with Crippen molar-refractivity contribution in [3.63, 3.8) is 0 Å². The summed E-state index contributed by atoms with van der Waals surface area (Å²) in [5.74, 6) is 0.197. The van der Waals surface area contributed by atoms with Crippen LogP contribution in [0.25, 0.3) is 16.9 Å². The van der Waals surface area contributed by atoms with E-state index in [1.807, 2.05) is 30.5 Å². The largest absolute Gasteiger partial charge is 0.417 e. The molecule has 158 valence electrons. The zero-order valence-corrected chi connectivity index (χ0v) is 17.5. The molecule has 2 heterocycles. The van der Waals surface area contributed by atoms with Crippen LogP contribution in [0.2, 0.25) is 5.02 Å². The Balaban J connectivity index is 0.00000132. The molecule has 0 aliphatic rings. The molecule has 0 spiro atoms. The Hall–Kier alpha value is -3.91. The third-order valence-electron chi connectivity index (χ3n) is 4.14. The first kappa shape index (κ1) is 21.8. The molecule has 0 aliphatic carbocycles. The number of nitro groups is 1. The number of fused-ring (bicyclic) bond motifs is 1. The Morgan fingerprint density at radius 1 is 1.13 bits per heavy atom. The molecule has 8 nitrogen and oxygen atoms in total. The Bertz CT molecular complexity index is 1220. The van der Waals surface area contributed by atoms with E-state index >= 15 is 0 Å². The fourth-order valence-corrected chi connectivity index (χ4v) is 2.97. The number of ether oxygens (including phenoxy) is 1. The zero-order valence-electron chi connectivity index (χ0n) is 16.8. The van der Waals surface area contributed by atoms with Gasteiger partial charge in [0.1, 0.15) is 11.4 Å². The summed E-state index contributed by atoms with van der Waals surface area (Å²) in [6, 6.07) is 16.0. The molecule has 0 aliphatic heterocycles. The van der Waals surface area contributed by atoms with Crippen molar-refractivity contribution >= 4 is 34.7 Å². The van der Waals surface area contributed by atoms with Gasteiger partial charge in [-0.05, 0) is 30.3 Å². The van der Waals surface area contributed by atoms with Crippen LogP contribution in [0.3, 0.4) is 0 Å². The topological polar surface area (TPSA) is 98.8 Å². The summed E-state index contributed by atoms with van der Waals surface area (Å²) >= 11 is 6.00. The van der Waals surface area contributed by atoms with E-state index in [4.69, 9.17) is 16.3 Å². The van der Waals surface area contributed by atoms with Crippen LogP contribution in [0, 0.1) is 10.1 Å². The minimum atomic E-state index is -0.707. The quantitative estimate of drug-likeness (QED) is 0.302. The van der Waals surface area contributed by atoms with Crippen molar-refractivity contribution in [3.05, 3.63) is 88.2 Å². The summed E-state index contributed by atoms with van der Waals surface area (Å²) in [6.45, 7) is 4.00. The van der Waals surface area contributed by atoms with Crippen LogP contribution in [-0.4, -0.2) is 20.4 Å². The number of carbonyl (C=O) groups excluding carboxylic acids is 1. The first-order chi connectivity index (χ1) is 15.0. The number of nitro benzene ring substituents is 1. The van der Waals surface area contributed by atoms with Gasteiger partial charge in [-0.15, -0.1) is 0 Å². The average molecular weight is 439 g/mol. The normalized spacial score (nSPS) is 10.2. The van der Waals surface area contributed by atoms with Crippen molar-refractivity contribution in [2.24, 2.45) is 0 Å². The maximum absolute atomic E-state index is 12.1. The van der Waals surface area contributed by atoms with E-state index in [1.165, 1.54) is 24.3 Å². The van der Waals surface area contributed by atoms with Gasteiger partial charge in [-0.1, -0.05) is 37.6 Å². The molecule has 0 saturated heterocycles. The lowest BCUT2D eigenvalue weighted by Crippen LogP contribution is -2.16. The summed E-state index contributed by atoms with van der Waals surface area (Å²) < 4.78 is 7.05. The highest BCUT2D eigenvalue weighted by atomic mass is 35.5. The van der Waals surface area contributed by atoms with Crippen LogP contribution in [0.4, 0.5) is 16.2 Å². The predicted octanol–water partition coefficient (Wildman–Crippen LogP) is 6.20. The second-order valence-electron chi connectivity index (χ2n) is 6.06. The van der Waals surface area contributed by atoms with E-state index in [2.05, 4.69) is 10.3 Å². The van der Waals surface area contributed by atoms with Crippen molar-refractivity contribution in [1.29, 1.82) is 0 Å². The maximum atomic E-state index is 12.1. The van der Waals surface area contributed by atoms with E-state index in [0.29, 0.717) is 16.4 Å². The summed E-state index contributed by atoms with van der Waals surface area (Å²) in [7, 11) is 0. The van der Waals surface area contributed by atoms with Gasteiger partial charge in [-0.25, -0.2) is 9.78 Å². The number of hydrogen-bond acceptors (Lipinski definition) is 5. The summed E-state index contributed by atoms with van der Waals surface area (Å²) in [6.07, 6.45) is 2.84. The number of halogens is 1. The first-order valence-electron chi connectivity index (χ1n) is 9.46. The number of pyridine rings is 1. The molecule has 2 aromatic carbocycles. The number of anilines is 1. The number of benzene rings is 2. The van der Waals surface area contributed by atoms with Gasteiger partial charge in [0, 0.05) is 40.7 Å². The molecule has 0 radical (unpaired) electrons. The lowest BCUT2D eigenvalue weighted by Gasteiger charge is -2.08. The standard InChI is InChI=1S/C20H13ClN4O4.C2H6/c21-14-8-9-24-18(12-22-19(24)11-14)13-2-1-3-15(10-13)23-20(26)29-17-6-4-16(5-7-17)25(27)28;1-2/h1-12H,(H,23,26);1-2H3. The van der Waals surface area contributed by atoms with Gasteiger partial charge in [0.2, 0.25) is 0 Å². The number of rotatable bonds is 4. The minimum absolute atomic E-state index is 0.0835. The average Bonchev–Trinajstić information content (AvgIpc) is 3.18. The minimum Gasteiger partial charge on any atom is -0.410 e. The highest BCUT2D eigenvalue weighted by Gasteiger charge is 2.11. The molecule has 1 N–H and O–H groups in total. The van der Waals surface area contributed by atoms with Gasteiger partial charge >= 0.3 is 6.09 Å². The van der Waals surface area contributed by atoms with Crippen molar-refractivity contribution in [3.8, 4) is 17.0 Å². The number of non-ortho nitro benzene ring substituents is 1. The third-order valence-corrected chi connectivity index (χ3v) is 4.37. The number of nitrogens with zero attached hydrogens (tertiary/aromatic N) is 3. The summed E-state index contributed by atoms with van der Waals surface area (Å²) in [4.78, 5) is 26.6. The van der Waals surface area contributed by atoms with E-state index < -0.39 is 11.0 Å². The Labute approximate surface area is 183 Å². The van der Waals surface area contributed by atoms with Gasteiger partial charge in [-0.3, -0.25) is 19.8 Å². The number of imidazole rings is 1. The Morgan fingerprint density at radius 3 is 2.58 bits per heavy atom. The van der Waals surface area contributed by atoms with Gasteiger partial charge < -0.3 is 4.74 Å². The highest BCUT2D eigenvalue weighted by molar-refractivity contribution is 6.30. The molecule has 31 heavy (non-hydrogen) atoms.